The number of halogens is 1. The first-order valence-electron chi connectivity index (χ1n) is 8.65. The van der Waals surface area contributed by atoms with Crippen molar-refractivity contribution in [1.82, 2.24) is 14.8 Å². The predicted octanol–water partition coefficient (Wildman–Crippen LogP) is 4.20. The van der Waals surface area contributed by atoms with Crippen LogP contribution in [0.25, 0.3) is 17.1 Å². The Morgan fingerprint density at radius 1 is 1.07 bits per heavy atom. The number of esters is 1. The highest BCUT2D eigenvalue weighted by molar-refractivity contribution is 7.99. The molecule has 0 N–H and O–H groups in total. The number of benzene rings is 2. The zero-order valence-electron chi connectivity index (χ0n) is 15.2. The molecule has 1 heterocycles. The van der Waals surface area contributed by atoms with Gasteiger partial charge in [0, 0.05) is 16.3 Å². The molecule has 3 aromatic rings. The van der Waals surface area contributed by atoms with Crippen molar-refractivity contribution in [3.8, 4) is 17.1 Å². The van der Waals surface area contributed by atoms with Crippen molar-refractivity contribution in [2.45, 2.75) is 18.5 Å². The Kier molecular flexibility index (Phi) is 6.84. The van der Waals surface area contributed by atoms with Gasteiger partial charge in [-0.05, 0) is 43.3 Å². The van der Waals surface area contributed by atoms with Gasteiger partial charge < -0.3 is 4.74 Å². The maximum atomic E-state index is 12.1. The van der Waals surface area contributed by atoms with E-state index in [1.54, 1.807) is 19.1 Å². The molecule has 0 bridgehead atoms. The lowest BCUT2D eigenvalue weighted by Crippen LogP contribution is -2.13. The summed E-state index contributed by atoms with van der Waals surface area (Å²) in [5.74, 6) is 0.00602. The van der Waals surface area contributed by atoms with Crippen LogP contribution < -0.4 is 0 Å². The Bertz CT molecular complexity index is 959. The van der Waals surface area contributed by atoms with E-state index in [2.05, 4.69) is 10.2 Å². The Hall–Kier alpha value is -2.64. The minimum atomic E-state index is -0.514. The molecule has 2 aromatic carbocycles. The minimum Gasteiger partial charge on any atom is -0.466 e. The fourth-order valence-electron chi connectivity index (χ4n) is 2.53. The molecule has 0 spiro atoms. The number of carbonyl (C=O) groups is 2. The maximum absolute atomic E-state index is 12.1. The lowest BCUT2D eigenvalue weighted by Gasteiger charge is -2.10. The van der Waals surface area contributed by atoms with Crippen molar-refractivity contribution in [1.29, 1.82) is 0 Å². The van der Waals surface area contributed by atoms with Gasteiger partial charge in [0.25, 0.3) is 0 Å². The molecule has 28 heavy (non-hydrogen) atoms. The van der Waals surface area contributed by atoms with Crippen LogP contribution in [-0.2, 0) is 14.3 Å². The molecule has 8 heteroatoms. The van der Waals surface area contributed by atoms with E-state index in [9.17, 15) is 9.59 Å². The van der Waals surface area contributed by atoms with Gasteiger partial charge in [-0.25, -0.2) is 0 Å². The molecular weight excluding hydrogens is 398 g/mol. The van der Waals surface area contributed by atoms with Gasteiger partial charge in [-0.3, -0.25) is 14.2 Å². The SMILES string of the molecule is CCOC(=O)CC(=O)CSc1nnc(-c2ccc(Cl)cc2)n1-c1ccccc1. The standard InChI is InChI=1S/C20H18ClN3O3S/c1-2-27-18(26)12-17(25)13-28-20-23-22-19(14-8-10-15(21)11-9-14)24(20)16-6-4-3-5-7-16/h3-11H,2,12-13H2,1H3. The molecule has 0 aliphatic heterocycles. The number of carbonyl (C=O) groups excluding carboxylic acids is 2. The van der Waals surface area contributed by atoms with Gasteiger partial charge in [0.15, 0.2) is 16.8 Å². The zero-order valence-corrected chi connectivity index (χ0v) is 16.7. The van der Waals surface area contributed by atoms with E-state index in [0.717, 1.165) is 11.3 Å². The average molecular weight is 416 g/mol. The molecule has 144 valence electrons. The largest absolute Gasteiger partial charge is 0.466 e. The van der Waals surface area contributed by atoms with Gasteiger partial charge >= 0.3 is 5.97 Å². The quantitative estimate of drug-likeness (QED) is 0.312. The molecule has 0 aliphatic rings. The number of Topliss-reactive ketones (excluding diaryl/α,β-unsaturated/α-hetero) is 1. The average Bonchev–Trinajstić information content (AvgIpc) is 3.12. The first-order valence-corrected chi connectivity index (χ1v) is 10.0. The summed E-state index contributed by atoms with van der Waals surface area (Å²) >= 11 is 7.22. The number of ketones is 1. The van der Waals surface area contributed by atoms with E-state index in [0.29, 0.717) is 16.0 Å². The second kappa shape index (κ2) is 9.52. The van der Waals surface area contributed by atoms with Crippen LogP contribution >= 0.6 is 23.4 Å². The van der Waals surface area contributed by atoms with Crippen LogP contribution in [0.2, 0.25) is 5.02 Å². The summed E-state index contributed by atoms with van der Waals surface area (Å²) in [4.78, 5) is 23.5. The van der Waals surface area contributed by atoms with Crippen LogP contribution in [0.5, 0.6) is 0 Å². The van der Waals surface area contributed by atoms with Crippen LogP contribution in [0.1, 0.15) is 13.3 Å². The summed E-state index contributed by atoms with van der Waals surface area (Å²) in [5.41, 5.74) is 1.73. The van der Waals surface area contributed by atoms with Crippen molar-refractivity contribution >= 4 is 35.1 Å². The Morgan fingerprint density at radius 2 is 1.79 bits per heavy atom. The third kappa shape index (κ3) is 4.99. The summed E-state index contributed by atoms with van der Waals surface area (Å²) in [6, 6.07) is 16.9. The third-order valence-electron chi connectivity index (χ3n) is 3.76. The maximum Gasteiger partial charge on any atom is 0.313 e. The first kappa shape index (κ1) is 20.1. The smallest absolute Gasteiger partial charge is 0.313 e. The molecule has 1 aromatic heterocycles. The van der Waals surface area contributed by atoms with Crippen molar-refractivity contribution < 1.29 is 14.3 Å². The van der Waals surface area contributed by atoms with Crippen LogP contribution in [0, 0.1) is 0 Å². The Morgan fingerprint density at radius 3 is 2.46 bits per heavy atom. The van der Waals surface area contributed by atoms with Crippen molar-refractivity contribution in [2.24, 2.45) is 0 Å². The highest BCUT2D eigenvalue weighted by atomic mass is 35.5. The number of ether oxygens (including phenoxy) is 1. The molecule has 0 aliphatic carbocycles. The van der Waals surface area contributed by atoms with Gasteiger partial charge in [0.05, 0.1) is 12.4 Å². The van der Waals surface area contributed by atoms with Crippen molar-refractivity contribution in [3.63, 3.8) is 0 Å². The minimum absolute atomic E-state index is 0.102. The number of thioether (sulfide) groups is 1. The second-order valence-corrected chi connectivity index (χ2v) is 7.17. The predicted molar refractivity (Wildman–Crippen MR) is 109 cm³/mol. The number of nitrogens with zero attached hydrogens (tertiary/aromatic N) is 3. The molecule has 0 atom stereocenters. The number of hydrogen-bond acceptors (Lipinski definition) is 6. The molecule has 0 radical (unpaired) electrons. The van der Waals surface area contributed by atoms with Gasteiger partial charge in [-0.15, -0.1) is 10.2 Å². The molecule has 0 amide bonds. The van der Waals surface area contributed by atoms with Crippen LogP contribution in [0.4, 0.5) is 0 Å². The normalized spacial score (nSPS) is 10.6. The monoisotopic (exact) mass is 415 g/mol. The van der Waals surface area contributed by atoms with Crippen molar-refractivity contribution in [3.05, 3.63) is 59.6 Å². The fraction of sp³-hybridized carbons (Fsp3) is 0.200. The summed E-state index contributed by atoms with van der Waals surface area (Å²) in [6.07, 6.45) is -0.246. The number of hydrogen-bond donors (Lipinski definition) is 0. The van der Waals surface area contributed by atoms with Gasteiger partial charge in [-0.2, -0.15) is 0 Å². The highest BCUT2D eigenvalue weighted by Crippen LogP contribution is 2.28. The van der Waals surface area contributed by atoms with E-state index in [-0.39, 0.29) is 24.6 Å². The lowest BCUT2D eigenvalue weighted by molar-refractivity contribution is -0.145. The fourth-order valence-corrected chi connectivity index (χ4v) is 3.47. The van der Waals surface area contributed by atoms with Gasteiger partial charge in [0.2, 0.25) is 0 Å². The van der Waals surface area contributed by atoms with E-state index in [1.165, 1.54) is 11.8 Å². The number of aromatic nitrogens is 3. The molecule has 0 saturated heterocycles. The molecular formula is C20H18ClN3O3S. The highest BCUT2D eigenvalue weighted by Gasteiger charge is 2.18. The second-order valence-electron chi connectivity index (χ2n) is 5.79. The Labute approximate surface area is 171 Å². The molecule has 0 saturated carbocycles. The van der Waals surface area contributed by atoms with Crippen molar-refractivity contribution in [2.75, 3.05) is 12.4 Å². The summed E-state index contributed by atoms with van der Waals surface area (Å²) in [6.45, 7) is 1.96. The summed E-state index contributed by atoms with van der Waals surface area (Å²) in [7, 11) is 0. The van der Waals surface area contributed by atoms with E-state index in [1.807, 2.05) is 47.0 Å². The van der Waals surface area contributed by atoms with Crippen LogP contribution in [0.3, 0.4) is 0 Å². The molecule has 0 fully saturated rings. The van der Waals surface area contributed by atoms with Gasteiger partial charge in [0.1, 0.15) is 6.42 Å². The Balaban J connectivity index is 1.86. The third-order valence-corrected chi connectivity index (χ3v) is 5.00. The molecule has 0 unspecified atom stereocenters. The van der Waals surface area contributed by atoms with E-state index < -0.39 is 5.97 Å². The van der Waals surface area contributed by atoms with Crippen LogP contribution in [-0.4, -0.2) is 38.9 Å². The van der Waals surface area contributed by atoms with E-state index >= 15 is 0 Å². The van der Waals surface area contributed by atoms with Gasteiger partial charge in [-0.1, -0.05) is 41.6 Å². The number of rotatable bonds is 8. The molecule has 3 rings (SSSR count). The summed E-state index contributed by atoms with van der Waals surface area (Å²) < 4.78 is 6.70. The lowest BCUT2D eigenvalue weighted by atomic mass is 10.2. The first-order chi connectivity index (χ1) is 13.6. The topological polar surface area (TPSA) is 74.1 Å². The molecule has 6 nitrogen and oxygen atoms in total. The number of para-hydroxylation sites is 1. The summed E-state index contributed by atoms with van der Waals surface area (Å²) in [5, 5.41) is 9.76. The van der Waals surface area contributed by atoms with Crippen LogP contribution in [0.15, 0.2) is 59.8 Å². The van der Waals surface area contributed by atoms with E-state index in [4.69, 9.17) is 16.3 Å². The zero-order chi connectivity index (χ0) is 19.9.